The minimum Gasteiger partial charge on any atom is -0.350 e. The van der Waals surface area contributed by atoms with Crippen LogP contribution >= 0.6 is 0 Å². The molecule has 4 atom stereocenters. The Labute approximate surface area is 102 Å². The number of rotatable bonds is 1. The van der Waals surface area contributed by atoms with Gasteiger partial charge in [-0.15, -0.1) is 0 Å². The molecule has 0 aromatic carbocycles. The summed E-state index contributed by atoms with van der Waals surface area (Å²) in [5.74, 6) is -0.199. The average molecular weight is 236 g/mol. The van der Waals surface area contributed by atoms with E-state index in [1.54, 1.807) is 6.08 Å². The molecular formula is C14H20O3. The summed E-state index contributed by atoms with van der Waals surface area (Å²) in [5.41, 5.74) is 0.0824. The van der Waals surface area contributed by atoms with E-state index in [1.807, 2.05) is 13.0 Å². The van der Waals surface area contributed by atoms with Gasteiger partial charge in [-0.1, -0.05) is 13.0 Å². The lowest BCUT2D eigenvalue weighted by Crippen LogP contribution is -2.37. The number of ketones is 1. The third-order valence-electron chi connectivity index (χ3n) is 4.90. The van der Waals surface area contributed by atoms with Gasteiger partial charge in [0.1, 0.15) is 0 Å². The van der Waals surface area contributed by atoms with Gasteiger partial charge in [0.25, 0.3) is 0 Å². The summed E-state index contributed by atoms with van der Waals surface area (Å²) >= 11 is 0. The summed E-state index contributed by atoms with van der Waals surface area (Å²) in [6.07, 6.45) is 7.63. The third-order valence-corrected chi connectivity index (χ3v) is 4.90. The Morgan fingerprint density at radius 3 is 2.94 bits per heavy atom. The summed E-state index contributed by atoms with van der Waals surface area (Å²) in [7, 11) is 0. The van der Waals surface area contributed by atoms with Crippen molar-refractivity contribution in [2.75, 3.05) is 6.61 Å². The van der Waals surface area contributed by atoms with Crippen LogP contribution in [0.3, 0.4) is 0 Å². The minimum absolute atomic E-state index is 0.0442. The summed E-state index contributed by atoms with van der Waals surface area (Å²) in [5, 5.41) is 0. The molecule has 2 saturated heterocycles. The molecule has 0 radical (unpaired) electrons. The lowest BCUT2D eigenvalue weighted by atomic mass is 9.76. The van der Waals surface area contributed by atoms with Crippen molar-refractivity contribution in [1.29, 1.82) is 0 Å². The van der Waals surface area contributed by atoms with E-state index in [9.17, 15) is 4.79 Å². The fraction of sp³-hybridized carbons (Fsp3) is 0.786. The fourth-order valence-corrected chi connectivity index (χ4v) is 3.45. The van der Waals surface area contributed by atoms with Crippen LogP contribution in [0.25, 0.3) is 0 Å². The number of carbonyl (C=O) groups is 1. The van der Waals surface area contributed by atoms with Crippen LogP contribution in [0.2, 0.25) is 0 Å². The molecule has 2 heterocycles. The van der Waals surface area contributed by atoms with E-state index in [2.05, 4.69) is 6.92 Å². The van der Waals surface area contributed by atoms with Crippen LogP contribution < -0.4 is 0 Å². The topological polar surface area (TPSA) is 35.5 Å². The summed E-state index contributed by atoms with van der Waals surface area (Å²) < 4.78 is 11.9. The first-order valence-corrected chi connectivity index (χ1v) is 6.56. The smallest absolute Gasteiger partial charge is 0.171 e. The van der Waals surface area contributed by atoms with Crippen LogP contribution in [-0.4, -0.2) is 24.3 Å². The number of allylic oxidation sites excluding steroid dienone is 2. The van der Waals surface area contributed by atoms with Crippen molar-refractivity contribution in [3.05, 3.63) is 12.2 Å². The summed E-state index contributed by atoms with van der Waals surface area (Å²) in [6.45, 7) is 5.03. The van der Waals surface area contributed by atoms with Crippen LogP contribution in [0.4, 0.5) is 0 Å². The van der Waals surface area contributed by atoms with E-state index in [4.69, 9.17) is 9.47 Å². The normalized spacial score (nSPS) is 49.6. The molecule has 3 aliphatic rings. The molecule has 94 valence electrons. The molecule has 0 amide bonds. The first kappa shape index (κ1) is 11.4. The van der Waals surface area contributed by atoms with E-state index >= 15 is 0 Å². The van der Waals surface area contributed by atoms with Gasteiger partial charge in [-0.2, -0.15) is 0 Å². The number of hydrogen-bond acceptors (Lipinski definition) is 3. The standard InChI is InChI=1S/C14H20O3/c1-13-7-8-16-14(13,2)17-12(9-13)10-5-3-4-6-11(10)15/h4,6,10,12H,3,5,7-9H2,1-2H3/t10?,12-,13+,14-/m1/s1. The van der Waals surface area contributed by atoms with Gasteiger partial charge in [0.15, 0.2) is 11.6 Å². The highest BCUT2D eigenvalue weighted by Crippen LogP contribution is 2.55. The Kier molecular flexibility index (Phi) is 2.46. The molecule has 0 bridgehead atoms. The molecule has 1 unspecified atom stereocenters. The predicted octanol–water partition coefficient (Wildman–Crippen LogP) is 2.45. The SMILES string of the molecule is C[C@@]12CCO[C@]1(C)O[C@@H](C1CCC=CC1=O)C2. The molecule has 3 heteroatoms. The molecule has 0 spiro atoms. The van der Waals surface area contributed by atoms with E-state index in [0.717, 1.165) is 32.3 Å². The van der Waals surface area contributed by atoms with E-state index in [0.29, 0.717) is 0 Å². The Bertz CT molecular complexity index is 358. The highest BCUT2D eigenvalue weighted by molar-refractivity contribution is 5.92. The predicted molar refractivity (Wildman–Crippen MR) is 63.4 cm³/mol. The van der Waals surface area contributed by atoms with Crippen molar-refractivity contribution in [3.63, 3.8) is 0 Å². The highest BCUT2D eigenvalue weighted by atomic mass is 16.7. The van der Waals surface area contributed by atoms with Gasteiger partial charge < -0.3 is 9.47 Å². The zero-order valence-electron chi connectivity index (χ0n) is 10.6. The van der Waals surface area contributed by atoms with Crippen LogP contribution in [0.1, 0.15) is 39.5 Å². The number of ether oxygens (including phenoxy) is 2. The Morgan fingerprint density at radius 1 is 1.41 bits per heavy atom. The van der Waals surface area contributed by atoms with E-state index in [1.165, 1.54) is 0 Å². The van der Waals surface area contributed by atoms with Crippen molar-refractivity contribution in [3.8, 4) is 0 Å². The third kappa shape index (κ3) is 1.59. The molecule has 0 aromatic rings. The van der Waals surface area contributed by atoms with Crippen molar-refractivity contribution in [1.82, 2.24) is 0 Å². The second-order valence-electron chi connectivity index (χ2n) is 5.95. The molecule has 0 N–H and O–H groups in total. The van der Waals surface area contributed by atoms with Gasteiger partial charge in [-0.3, -0.25) is 4.79 Å². The largest absolute Gasteiger partial charge is 0.350 e. The minimum atomic E-state index is -0.473. The fourth-order valence-electron chi connectivity index (χ4n) is 3.45. The van der Waals surface area contributed by atoms with Crippen LogP contribution in [0, 0.1) is 11.3 Å². The molecular weight excluding hydrogens is 216 g/mol. The Balaban J connectivity index is 1.80. The van der Waals surface area contributed by atoms with Crippen molar-refractivity contribution in [2.24, 2.45) is 11.3 Å². The van der Waals surface area contributed by atoms with E-state index < -0.39 is 5.79 Å². The summed E-state index contributed by atoms with van der Waals surface area (Å²) in [6, 6.07) is 0. The lowest BCUT2D eigenvalue weighted by Gasteiger charge is -2.30. The van der Waals surface area contributed by atoms with Crippen LogP contribution in [0.15, 0.2) is 12.2 Å². The zero-order valence-corrected chi connectivity index (χ0v) is 10.6. The Hall–Kier alpha value is -0.670. The zero-order chi connectivity index (χ0) is 12.1. The van der Waals surface area contributed by atoms with Gasteiger partial charge in [0.05, 0.1) is 12.7 Å². The van der Waals surface area contributed by atoms with Crippen molar-refractivity contribution in [2.45, 2.75) is 51.4 Å². The highest BCUT2D eigenvalue weighted by Gasteiger charge is 2.59. The van der Waals surface area contributed by atoms with Gasteiger partial charge in [-0.05, 0) is 38.7 Å². The first-order chi connectivity index (χ1) is 8.04. The molecule has 17 heavy (non-hydrogen) atoms. The maximum absolute atomic E-state index is 11.9. The second-order valence-corrected chi connectivity index (χ2v) is 5.95. The lowest BCUT2D eigenvalue weighted by molar-refractivity contribution is -0.222. The van der Waals surface area contributed by atoms with Crippen LogP contribution in [0.5, 0.6) is 0 Å². The maximum Gasteiger partial charge on any atom is 0.171 e. The number of fused-ring (bicyclic) bond motifs is 1. The van der Waals surface area contributed by atoms with Crippen molar-refractivity contribution < 1.29 is 14.3 Å². The number of carbonyl (C=O) groups excluding carboxylic acids is 1. The van der Waals surface area contributed by atoms with Gasteiger partial charge in [-0.25, -0.2) is 0 Å². The van der Waals surface area contributed by atoms with Gasteiger partial charge in [0.2, 0.25) is 0 Å². The molecule has 2 aliphatic heterocycles. The van der Waals surface area contributed by atoms with Crippen LogP contribution in [-0.2, 0) is 14.3 Å². The molecule has 0 aromatic heterocycles. The summed E-state index contributed by atoms with van der Waals surface area (Å²) in [4.78, 5) is 11.9. The molecule has 0 saturated carbocycles. The Morgan fingerprint density at radius 2 is 2.24 bits per heavy atom. The van der Waals surface area contributed by atoms with Gasteiger partial charge in [0, 0.05) is 11.3 Å². The molecule has 3 nitrogen and oxygen atoms in total. The molecule has 2 fully saturated rings. The monoisotopic (exact) mass is 236 g/mol. The molecule has 3 rings (SSSR count). The van der Waals surface area contributed by atoms with Gasteiger partial charge >= 0.3 is 0 Å². The van der Waals surface area contributed by atoms with Crippen molar-refractivity contribution >= 4 is 5.78 Å². The molecule has 1 aliphatic carbocycles. The maximum atomic E-state index is 11.9. The second kappa shape index (κ2) is 3.66. The van der Waals surface area contributed by atoms with E-state index in [-0.39, 0.29) is 23.2 Å². The first-order valence-electron chi connectivity index (χ1n) is 6.56. The quantitative estimate of drug-likeness (QED) is 0.701. The number of hydrogen-bond donors (Lipinski definition) is 0. The average Bonchev–Trinajstić information content (AvgIpc) is 2.67.